The summed E-state index contributed by atoms with van der Waals surface area (Å²) in [4.78, 5) is 37.6. The van der Waals surface area contributed by atoms with Crippen LogP contribution in [0.3, 0.4) is 0 Å². The maximum atomic E-state index is 11.8. The molecule has 4 N–H and O–H groups in total. The van der Waals surface area contributed by atoms with Gasteiger partial charge in [0.2, 0.25) is 5.95 Å². The van der Waals surface area contributed by atoms with Crippen LogP contribution in [0.5, 0.6) is 0 Å². The fourth-order valence-corrected chi connectivity index (χ4v) is 3.59. The van der Waals surface area contributed by atoms with Gasteiger partial charge in [-0.1, -0.05) is 11.6 Å². The van der Waals surface area contributed by atoms with Crippen molar-refractivity contribution < 1.29 is 19.4 Å². The summed E-state index contributed by atoms with van der Waals surface area (Å²) in [5.41, 5.74) is 5.97. The molecule has 2 atom stereocenters. The highest BCUT2D eigenvalue weighted by Gasteiger charge is 2.38. The lowest BCUT2D eigenvalue weighted by Crippen LogP contribution is -2.42. The number of hydrogen-bond acceptors (Lipinski definition) is 8. The summed E-state index contributed by atoms with van der Waals surface area (Å²) < 4.78 is 6.97. The van der Waals surface area contributed by atoms with Crippen molar-refractivity contribution in [2.45, 2.75) is 44.9 Å². The normalized spacial score (nSPS) is 20.1. The van der Waals surface area contributed by atoms with Crippen molar-refractivity contribution in [3.63, 3.8) is 0 Å². The Morgan fingerprint density at radius 2 is 2.14 bits per heavy atom. The highest BCUT2D eigenvalue weighted by atomic mass is 35.5. The molecule has 2 aromatic rings. The van der Waals surface area contributed by atoms with Crippen LogP contribution in [0.1, 0.15) is 33.2 Å². The molecule has 1 fully saturated rings. The van der Waals surface area contributed by atoms with E-state index in [2.05, 4.69) is 20.3 Å². The van der Waals surface area contributed by atoms with Gasteiger partial charge in [-0.05, 0) is 27.2 Å². The number of nitrogens with two attached hydrogens (primary N) is 1. The fourth-order valence-electron chi connectivity index (χ4n) is 3.37. The molecule has 0 aromatic carbocycles. The summed E-state index contributed by atoms with van der Waals surface area (Å²) >= 11 is 6.07. The van der Waals surface area contributed by atoms with Gasteiger partial charge in [0.25, 0.3) is 0 Å². The Morgan fingerprint density at radius 3 is 2.79 bits per heavy atom. The van der Waals surface area contributed by atoms with Gasteiger partial charge in [0.15, 0.2) is 10.8 Å². The lowest BCUT2D eigenvalue weighted by molar-refractivity contribution is -0.142. The van der Waals surface area contributed by atoms with Gasteiger partial charge in [-0.15, -0.1) is 0 Å². The topological polar surface area (TPSA) is 148 Å². The molecule has 2 aromatic heterocycles. The van der Waals surface area contributed by atoms with Crippen LogP contribution in [-0.4, -0.2) is 72.9 Å². The summed E-state index contributed by atoms with van der Waals surface area (Å²) in [5, 5.41) is 12.4. The van der Waals surface area contributed by atoms with E-state index in [0.29, 0.717) is 30.7 Å². The molecule has 0 spiro atoms. The number of hydrogen-bond donors (Lipinski definition) is 3. The molecule has 0 aliphatic carbocycles. The van der Waals surface area contributed by atoms with Crippen LogP contribution < -0.4 is 11.1 Å². The van der Waals surface area contributed by atoms with Crippen LogP contribution in [0.4, 0.5) is 10.7 Å². The Balaban J connectivity index is 1.70. The number of carbonyl (C=O) groups is 2. The SMILES string of the molecule is CC(C)(C)OC(=O)NCCN1C[C@@H](n2cnc3c(Cl)nc(N)nc32)CC1C(=O)O. The Kier molecular flexibility index (Phi) is 5.80. The average Bonchev–Trinajstić information content (AvgIpc) is 3.17. The number of nitrogens with zero attached hydrogens (tertiary/aromatic N) is 5. The summed E-state index contributed by atoms with van der Waals surface area (Å²) in [6.07, 6.45) is 1.38. The number of aliphatic carboxylic acids is 1. The number of carbonyl (C=O) groups excluding carboxylic acids is 1. The molecular formula is C17H24ClN7O4. The second-order valence-electron chi connectivity index (χ2n) is 7.86. The van der Waals surface area contributed by atoms with Gasteiger partial charge in [0.05, 0.1) is 12.4 Å². The van der Waals surface area contributed by atoms with Crippen molar-refractivity contribution in [1.29, 1.82) is 0 Å². The molecule has 158 valence electrons. The number of aromatic nitrogens is 4. The lowest BCUT2D eigenvalue weighted by Gasteiger charge is -2.23. The van der Waals surface area contributed by atoms with E-state index in [1.807, 2.05) is 0 Å². The second kappa shape index (κ2) is 7.99. The first kappa shape index (κ1) is 21.1. The monoisotopic (exact) mass is 425 g/mol. The van der Waals surface area contributed by atoms with Crippen molar-refractivity contribution in [1.82, 2.24) is 29.7 Å². The molecule has 0 radical (unpaired) electrons. The third-order valence-corrected chi connectivity index (χ3v) is 4.79. The van der Waals surface area contributed by atoms with Crippen LogP contribution in [0.25, 0.3) is 11.2 Å². The molecule has 1 aliphatic heterocycles. The number of amides is 1. The Morgan fingerprint density at radius 1 is 1.41 bits per heavy atom. The van der Waals surface area contributed by atoms with E-state index in [0.717, 1.165) is 0 Å². The Bertz CT molecular complexity index is 926. The standard InChI is InChI=1S/C17H24ClN7O4/c1-17(2,3)29-16(28)20-4-5-24-7-9(6-10(24)14(26)27)25-8-21-11-12(18)22-15(19)23-13(11)25/h8-10H,4-7H2,1-3H3,(H,20,28)(H,26,27)(H2,19,22,23)/t9-,10?/m0/s1. The van der Waals surface area contributed by atoms with E-state index >= 15 is 0 Å². The molecule has 0 bridgehead atoms. The fraction of sp³-hybridized carbons (Fsp3) is 0.588. The summed E-state index contributed by atoms with van der Waals surface area (Å²) in [7, 11) is 0. The first-order valence-electron chi connectivity index (χ1n) is 9.14. The number of likely N-dealkylation sites (tertiary alicyclic amines) is 1. The largest absolute Gasteiger partial charge is 0.480 e. The number of nitrogens with one attached hydrogen (secondary N) is 1. The van der Waals surface area contributed by atoms with Crippen LogP contribution >= 0.6 is 11.6 Å². The minimum absolute atomic E-state index is 0.0236. The predicted octanol–water partition coefficient (Wildman–Crippen LogP) is 1.29. The number of anilines is 1. The van der Waals surface area contributed by atoms with Crippen LogP contribution in [0.15, 0.2) is 6.33 Å². The number of rotatable bonds is 5. The molecular weight excluding hydrogens is 402 g/mol. The van der Waals surface area contributed by atoms with E-state index in [1.165, 1.54) is 0 Å². The van der Waals surface area contributed by atoms with Gasteiger partial charge in [-0.25, -0.2) is 9.78 Å². The number of carboxylic acids is 1. The van der Waals surface area contributed by atoms with Crippen molar-refractivity contribution >= 4 is 40.8 Å². The summed E-state index contributed by atoms with van der Waals surface area (Å²) in [5.74, 6) is -0.906. The Hall–Kier alpha value is -2.66. The van der Waals surface area contributed by atoms with Gasteiger partial charge < -0.3 is 25.5 Å². The molecule has 1 aliphatic rings. The third kappa shape index (κ3) is 4.85. The third-order valence-electron chi connectivity index (χ3n) is 4.52. The minimum atomic E-state index is -0.929. The van der Waals surface area contributed by atoms with Crippen LogP contribution in [0.2, 0.25) is 5.15 Å². The summed E-state index contributed by atoms with van der Waals surface area (Å²) in [6.45, 7) is 6.39. The van der Waals surface area contributed by atoms with Gasteiger partial charge >= 0.3 is 12.1 Å². The lowest BCUT2D eigenvalue weighted by atomic mass is 10.1. The molecule has 12 heteroatoms. The van der Waals surface area contributed by atoms with E-state index in [4.69, 9.17) is 22.1 Å². The zero-order valence-electron chi connectivity index (χ0n) is 16.4. The van der Waals surface area contributed by atoms with Crippen molar-refractivity contribution in [3.05, 3.63) is 11.5 Å². The van der Waals surface area contributed by atoms with E-state index in [-0.39, 0.29) is 23.7 Å². The van der Waals surface area contributed by atoms with Gasteiger partial charge in [-0.3, -0.25) is 9.69 Å². The number of halogens is 1. The number of imidazole rings is 1. The van der Waals surface area contributed by atoms with Crippen molar-refractivity contribution in [3.8, 4) is 0 Å². The summed E-state index contributed by atoms with van der Waals surface area (Å²) in [6, 6.07) is -0.888. The van der Waals surface area contributed by atoms with Gasteiger partial charge in [-0.2, -0.15) is 9.97 Å². The maximum Gasteiger partial charge on any atom is 0.407 e. The van der Waals surface area contributed by atoms with E-state index in [1.54, 1.807) is 36.6 Å². The number of ether oxygens (including phenoxy) is 1. The molecule has 1 saturated heterocycles. The molecule has 1 amide bonds. The second-order valence-corrected chi connectivity index (χ2v) is 8.22. The number of fused-ring (bicyclic) bond motifs is 1. The molecule has 11 nitrogen and oxygen atoms in total. The highest BCUT2D eigenvalue weighted by Crippen LogP contribution is 2.31. The van der Waals surface area contributed by atoms with Crippen LogP contribution in [0, 0.1) is 0 Å². The van der Waals surface area contributed by atoms with E-state index in [9.17, 15) is 14.7 Å². The Labute approximate surface area is 172 Å². The predicted molar refractivity (Wildman–Crippen MR) is 106 cm³/mol. The van der Waals surface area contributed by atoms with Crippen molar-refractivity contribution in [2.24, 2.45) is 0 Å². The smallest absolute Gasteiger partial charge is 0.407 e. The molecule has 3 heterocycles. The first-order valence-corrected chi connectivity index (χ1v) is 9.52. The average molecular weight is 426 g/mol. The van der Waals surface area contributed by atoms with Crippen molar-refractivity contribution in [2.75, 3.05) is 25.4 Å². The van der Waals surface area contributed by atoms with Crippen LogP contribution in [-0.2, 0) is 9.53 Å². The molecule has 3 rings (SSSR count). The first-order chi connectivity index (χ1) is 13.5. The highest BCUT2D eigenvalue weighted by molar-refractivity contribution is 6.33. The van der Waals surface area contributed by atoms with E-state index < -0.39 is 23.7 Å². The number of nitrogen functional groups attached to an aromatic ring is 1. The number of alkyl carbamates (subject to hydrolysis) is 1. The molecule has 1 unspecified atom stereocenters. The van der Waals surface area contributed by atoms with Gasteiger partial charge in [0, 0.05) is 19.6 Å². The number of carboxylic acid groups (broad SMARTS) is 1. The minimum Gasteiger partial charge on any atom is -0.480 e. The zero-order valence-corrected chi connectivity index (χ0v) is 17.2. The quantitative estimate of drug-likeness (QED) is 0.602. The maximum absolute atomic E-state index is 11.8. The van der Waals surface area contributed by atoms with Gasteiger partial charge in [0.1, 0.15) is 17.2 Å². The zero-order chi connectivity index (χ0) is 21.3. The molecule has 0 saturated carbocycles. The molecule has 29 heavy (non-hydrogen) atoms.